The highest BCUT2D eigenvalue weighted by Gasteiger charge is 2.31. The van der Waals surface area contributed by atoms with Gasteiger partial charge in [-0.1, -0.05) is 6.92 Å². The molecule has 1 aliphatic heterocycles. The molecule has 1 aromatic heterocycles. The molecule has 0 unspecified atom stereocenters. The third-order valence-corrected chi connectivity index (χ3v) is 3.99. The van der Waals surface area contributed by atoms with Crippen LogP contribution < -0.4 is 10.2 Å². The molecule has 2 aromatic rings. The zero-order valence-corrected chi connectivity index (χ0v) is 13.9. The minimum Gasteiger partial charge on any atom is -0.322 e. The molecule has 0 bridgehead atoms. The van der Waals surface area contributed by atoms with E-state index in [0.717, 1.165) is 18.1 Å². The number of carbonyl (C=O) groups excluding carboxylic acids is 1. The zero-order chi connectivity index (χ0) is 18.9. The summed E-state index contributed by atoms with van der Waals surface area (Å²) in [6, 6.07) is 2.06. The van der Waals surface area contributed by atoms with Gasteiger partial charge in [0, 0.05) is 24.7 Å². The lowest BCUT2D eigenvalue weighted by molar-refractivity contribution is -0.137. The molecule has 0 aliphatic carbocycles. The number of rotatable bonds is 4. The molecule has 0 saturated carbocycles. The molecule has 1 aromatic carbocycles. The van der Waals surface area contributed by atoms with Crippen LogP contribution in [0.2, 0.25) is 0 Å². The standard InChI is InChI=1S/C17H16F4N4O/c1-2-7-25-14(26)6-3-10-9-22-16(24-15(10)25)23-13-8-11(17(19,20)21)4-5-12(13)18/h4-5,8-9H,2-3,6-7H2,1H3,(H,22,23,24). The lowest BCUT2D eigenvalue weighted by Gasteiger charge is -2.27. The Morgan fingerprint density at radius 1 is 1.27 bits per heavy atom. The van der Waals surface area contributed by atoms with Crippen LogP contribution in [-0.2, 0) is 17.4 Å². The second-order valence-corrected chi connectivity index (χ2v) is 5.91. The van der Waals surface area contributed by atoms with E-state index in [2.05, 4.69) is 15.3 Å². The lowest BCUT2D eigenvalue weighted by Crippen LogP contribution is -2.36. The summed E-state index contributed by atoms with van der Waals surface area (Å²) in [6.07, 6.45) is -1.52. The van der Waals surface area contributed by atoms with Crippen molar-refractivity contribution >= 4 is 23.4 Å². The minimum absolute atomic E-state index is 0.0715. The Kier molecular flexibility index (Phi) is 4.80. The normalized spacial score (nSPS) is 14.3. The Labute approximate surface area is 147 Å². The van der Waals surface area contributed by atoms with E-state index in [9.17, 15) is 22.4 Å². The summed E-state index contributed by atoms with van der Waals surface area (Å²) in [4.78, 5) is 21.9. The van der Waals surface area contributed by atoms with Crippen molar-refractivity contribution in [2.75, 3.05) is 16.8 Å². The molecule has 0 spiro atoms. The number of anilines is 3. The minimum atomic E-state index is -4.59. The number of halogens is 4. The SMILES string of the molecule is CCCN1C(=O)CCc2cnc(Nc3cc(C(F)(F)F)ccc3F)nc21. The first kappa shape index (κ1) is 18.1. The van der Waals surface area contributed by atoms with Crippen molar-refractivity contribution in [3.63, 3.8) is 0 Å². The number of aromatic nitrogens is 2. The predicted molar refractivity (Wildman–Crippen MR) is 87.7 cm³/mol. The number of benzene rings is 1. The first-order valence-electron chi connectivity index (χ1n) is 8.09. The zero-order valence-electron chi connectivity index (χ0n) is 13.9. The number of alkyl halides is 3. The predicted octanol–water partition coefficient (Wildman–Crippen LogP) is 4.07. The molecule has 9 heteroatoms. The number of amides is 1. The van der Waals surface area contributed by atoms with Crippen LogP contribution in [0.15, 0.2) is 24.4 Å². The molecule has 0 atom stereocenters. The van der Waals surface area contributed by atoms with Crippen LogP contribution in [-0.4, -0.2) is 22.4 Å². The number of hydrogen-bond acceptors (Lipinski definition) is 4. The fourth-order valence-electron chi connectivity index (χ4n) is 2.73. The van der Waals surface area contributed by atoms with Gasteiger partial charge in [0.2, 0.25) is 11.9 Å². The Morgan fingerprint density at radius 2 is 2.04 bits per heavy atom. The van der Waals surface area contributed by atoms with Crippen molar-refractivity contribution in [1.29, 1.82) is 0 Å². The van der Waals surface area contributed by atoms with E-state index in [0.29, 0.717) is 37.3 Å². The number of fused-ring (bicyclic) bond motifs is 1. The van der Waals surface area contributed by atoms with Gasteiger partial charge in [0.05, 0.1) is 11.3 Å². The summed E-state index contributed by atoms with van der Waals surface area (Å²) in [5.41, 5.74) is -0.598. The van der Waals surface area contributed by atoms with Crippen LogP contribution in [0.25, 0.3) is 0 Å². The van der Waals surface area contributed by atoms with Gasteiger partial charge in [-0.2, -0.15) is 18.2 Å². The van der Waals surface area contributed by atoms with Gasteiger partial charge in [-0.25, -0.2) is 9.37 Å². The van der Waals surface area contributed by atoms with E-state index < -0.39 is 17.6 Å². The molecule has 0 radical (unpaired) electrons. The third-order valence-electron chi connectivity index (χ3n) is 3.99. The highest BCUT2D eigenvalue weighted by atomic mass is 19.4. The fourth-order valence-corrected chi connectivity index (χ4v) is 2.73. The van der Waals surface area contributed by atoms with Gasteiger partial charge in [-0.3, -0.25) is 9.69 Å². The Bertz CT molecular complexity index is 838. The van der Waals surface area contributed by atoms with E-state index >= 15 is 0 Å². The van der Waals surface area contributed by atoms with Gasteiger partial charge in [0.1, 0.15) is 11.6 Å². The van der Waals surface area contributed by atoms with E-state index in [-0.39, 0.29) is 17.5 Å². The highest BCUT2D eigenvalue weighted by Crippen LogP contribution is 2.33. The monoisotopic (exact) mass is 368 g/mol. The molecule has 1 N–H and O–H groups in total. The topological polar surface area (TPSA) is 58.1 Å². The molecular formula is C17H16F4N4O. The maximum atomic E-state index is 13.9. The van der Waals surface area contributed by atoms with Crippen molar-refractivity contribution < 1.29 is 22.4 Å². The molecule has 1 aliphatic rings. The molecule has 5 nitrogen and oxygen atoms in total. The molecule has 1 amide bonds. The van der Waals surface area contributed by atoms with Crippen molar-refractivity contribution in [1.82, 2.24) is 9.97 Å². The van der Waals surface area contributed by atoms with E-state index in [1.807, 2.05) is 6.92 Å². The summed E-state index contributed by atoms with van der Waals surface area (Å²) in [6.45, 7) is 2.39. The van der Waals surface area contributed by atoms with E-state index in [1.165, 1.54) is 11.1 Å². The summed E-state index contributed by atoms with van der Waals surface area (Å²) in [7, 11) is 0. The van der Waals surface area contributed by atoms with Crippen LogP contribution in [0.5, 0.6) is 0 Å². The molecule has 138 valence electrons. The quantitative estimate of drug-likeness (QED) is 0.827. The van der Waals surface area contributed by atoms with E-state index in [4.69, 9.17) is 0 Å². The molecule has 2 heterocycles. The summed E-state index contributed by atoms with van der Waals surface area (Å²) in [5, 5.41) is 2.48. The number of aryl methyl sites for hydroxylation is 1. The van der Waals surface area contributed by atoms with Crippen LogP contribution in [0.4, 0.5) is 35.0 Å². The Morgan fingerprint density at radius 3 is 2.73 bits per heavy atom. The van der Waals surface area contributed by atoms with Crippen LogP contribution in [0, 0.1) is 5.82 Å². The number of nitrogens with zero attached hydrogens (tertiary/aromatic N) is 3. The van der Waals surface area contributed by atoms with Crippen LogP contribution in [0.1, 0.15) is 30.9 Å². The van der Waals surface area contributed by atoms with Crippen molar-refractivity contribution in [3.8, 4) is 0 Å². The largest absolute Gasteiger partial charge is 0.416 e. The van der Waals surface area contributed by atoms with Gasteiger partial charge >= 0.3 is 6.18 Å². The van der Waals surface area contributed by atoms with Crippen LogP contribution >= 0.6 is 0 Å². The first-order chi connectivity index (χ1) is 12.3. The molecular weight excluding hydrogens is 352 g/mol. The maximum absolute atomic E-state index is 13.9. The average molecular weight is 368 g/mol. The smallest absolute Gasteiger partial charge is 0.322 e. The van der Waals surface area contributed by atoms with Gasteiger partial charge in [-0.05, 0) is 31.0 Å². The summed E-state index contributed by atoms with van der Waals surface area (Å²) < 4.78 is 52.3. The van der Waals surface area contributed by atoms with Gasteiger partial charge in [-0.15, -0.1) is 0 Å². The van der Waals surface area contributed by atoms with Gasteiger partial charge in [0.25, 0.3) is 0 Å². The molecule has 0 fully saturated rings. The van der Waals surface area contributed by atoms with Gasteiger partial charge < -0.3 is 5.32 Å². The molecule has 0 saturated heterocycles. The number of carbonyl (C=O) groups is 1. The Hall–Kier alpha value is -2.71. The van der Waals surface area contributed by atoms with Crippen molar-refractivity contribution in [3.05, 3.63) is 41.3 Å². The molecule has 26 heavy (non-hydrogen) atoms. The van der Waals surface area contributed by atoms with Crippen LogP contribution in [0.3, 0.4) is 0 Å². The third kappa shape index (κ3) is 3.61. The maximum Gasteiger partial charge on any atom is 0.416 e. The van der Waals surface area contributed by atoms with Crippen molar-refractivity contribution in [2.45, 2.75) is 32.4 Å². The second kappa shape index (κ2) is 6.89. The second-order valence-electron chi connectivity index (χ2n) is 5.91. The summed E-state index contributed by atoms with van der Waals surface area (Å²) in [5.74, 6) is -0.596. The summed E-state index contributed by atoms with van der Waals surface area (Å²) >= 11 is 0. The van der Waals surface area contributed by atoms with Crippen molar-refractivity contribution in [2.24, 2.45) is 0 Å². The highest BCUT2D eigenvalue weighted by molar-refractivity contribution is 5.95. The number of hydrogen-bond donors (Lipinski definition) is 1. The fraction of sp³-hybridized carbons (Fsp3) is 0.353. The average Bonchev–Trinajstić information content (AvgIpc) is 2.58. The lowest BCUT2D eigenvalue weighted by atomic mass is 10.1. The van der Waals surface area contributed by atoms with E-state index in [1.54, 1.807) is 0 Å². The number of nitrogens with one attached hydrogen (secondary N) is 1. The molecule has 3 rings (SSSR count). The Balaban J connectivity index is 1.94. The van der Waals surface area contributed by atoms with Gasteiger partial charge in [0.15, 0.2) is 0 Å². The first-order valence-corrected chi connectivity index (χ1v) is 8.09.